The number of thiazole rings is 1. The molecule has 31 heavy (non-hydrogen) atoms. The maximum Gasteiger partial charge on any atom is 0.363 e. The molecule has 0 atom stereocenters. The minimum Gasteiger partial charge on any atom is -0.402 e. The van der Waals surface area contributed by atoms with Gasteiger partial charge < -0.3 is 4.74 Å². The van der Waals surface area contributed by atoms with Crippen molar-refractivity contribution in [2.24, 2.45) is 4.99 Å². The van der Waals surface area contributed by atoms with Gasteiger partial charge in [-0.25, -0.2) is 14.8 Å². The summed E-state index contributed by atoms with van der Waals surface area (Å²) in [7, 11) is 0. The van der Waals surface area contributed by atoms with Crippen molar-refractivity contribution in [3.8, 4) is 0 Å². The lowest BCUT2D eigenvalue weighted by atomic mass is 10.1. The van der Waals surface area contributed by atoms with Crippen LogP contribution in [-0.2, 0) is 14.3 Å². The van der Waals surface area contributed by atoms with E-state index in [0.29, 0.717) is 21.4 Å². The third kappa shape index (κ3) is 4.28. The molecule has 156 valence electrons. The van der Waals surface area contributed by atoms with Crippen LogP contribution in [0.3, 0.4) is 0 Å². The Balaban J connectivity index is 1.65. The number of aliphatic imine (C=N–C) groups is 1. The number of halogens is 1. The Hall–Kier alpha value is -3.29. The highest BCUT2D eigenvalue weighted by atomic mass is 35.5. The van der Waals surface area contributed by atoms with E-state index in [4.69, 9.17) is 16.3 Å². The number of anilines is 2. The van der Waals surface area contributed by atoms with Gasteiger partial charge in [0.15, 0.2) is 10.8 Å². The fourth-order valence-electron chi connectivity index (χ4n) is 3.04. The Morgan fingerprint density at radius 2 is 1.94 bits per heavy atom. The first kappa shape index (κ1) is 21.0. The summed E-state index contributed by atoms with van der Waals surface area (Å²) >= 11 is 7.47. The van der Waals surface area contributed by atoms with Gasteiger partial charge in [-0.05, 0) is 55.3 Å². The van der Waals surface area contributed by atoms with Crippen molar-refractivity contribution in [1.29, 1.82) is 0 Å². The monoisotopic (exact) mass is 451 g/mol. The molecule has 0 saturated heterocycles. The zero-order chi connectivity index (χ0) is 22.1. The molecule has 0 bridgehead atoms. The summed E-state index contributed by atoms with van der Waals surface area (Å²) in [5, 5.41) is 2.70. The van der Waals surface area contributed by atoms with Crippen LogP contribution in [0.1, 0.15) is 29.3 Å². The van der Waals surface area contributed by atoms with Crippen LogP contribution in [0.5, 0.6) is 0 Å². The zero-order valence-corrected chi connectivity index (χ0v) is 18.6. The van der Waals surface area contributed by atoms with Gasteiger partial charge in [0.1, 0.15) is 0 Å². The molecule has 0 saturated carbocycles. The summed E-state index contributed by atoms with van der Waals surface area (Å²) in [5.41, 5.74) is 4.13. The van der Waals surface area contributed by atoms with Gasteiger partial charge in [0.25, 0.3) is 0 Å². The van der Waals surface area contributed by atoms with Crippen LogP contribution in [-0.4, -0.2) is 22.8 Å². The summed E-state index contributed by atoms with van der Waals surface area (Å²) in [6.07, 6.45) is 1.53. The Kier molecular flexibility index (Phi) is 5.71. The molecule has 4 rings (SSSR count). The fraction of sp³-hybridized carbons (Fsp3) is 0.130. The van der Waals surface area contributed by atoms with Crippen molar-refractivity contribution in [2.45, 2.75) is 20.8 Å². The van der Waals surface area contributed by atoms with Gasteiger partial charge in [0.2, 0.25) is 11.8 Å². The van der Waals surface area contributed by atoms with Gasteiger partial charge in [0.05, 0.1) is 22.0 Å². The third-order valence-corrected chi connectivity index (χ3v) is 5.95. The lowest BCUT2D eigenvalue weighted by Crippen LogP contribution is -2.22. The number of carbonyl (C=O) groups is 2. The first-order valence-corrected chi connectivity index (χ1v) is 10.7. The van der Waals surface area contributed by atoms with Crippen LogP contribution in [0.25, 0.3) is 6.08 Å². The number of nitrogens with zero attached hydrogens (tertiary/aromatic N) is 3. The number of rotatable bonds is 4. The van der Waals surface area contributed by atoms with Gasteiger partial charge in [-0.1, -0.05) is 29.8 Å². The highest BCUT2D eigenvalue weighted by molar-refractivity contribution is 7.14. The summed E-state index contributed by atoms with van der Waals surface area (Å²) in [6.45, 7) is 5.50. The van der Waals surface area contributed by atoms with Crippen molar-refractivity contribution >= 4 is 57.6 Å². The molecule has 0 fully saturated rings. The molecule has 3 aromatic rings. The largest absolute Gasteiger partial charge is 0.402 e. The molecule has 2 heterocycles. The molecule has 1 aliphatic rings. The molecule has 0 radical (unpaired) electrons. The number of hydrogen-bond acceptors (Lipinski definition) is 6. The summed E-state index contributed by atoms with van der Waals surface area (Å²) in [4.78, 5) is 35.0. The molecule has 0 spiro atoms. The molecule has 8 heteroatoms. The summed E-state index contributed by atoms with van der Waals surface area (Å²) in [6, 6.07) is 12.8. The normalized spacial score (nSPS) is 14.5. The fourth-order valence-corrected chi connectivity index (χ4v) is 4.10. The third-order valence-electron chi connectivity index (χ3n) is 4.77. The van der Waals surface area contributed by atoms with E-state index in [1.54, 1.807) is 34.5 Å². The lowest BCUT2D eigenvalue weighted by Gasteiger charge is -2.19. The second-order valence-electron chi connectivity index (χ2n) is 6.99. The van der Waals surface area contributed by atoms with Gasteiger partial charge in [-0.3, -0.25) is 9.69 Å². The lowest BCUT2D eigenvalue weighted by molar-refractivity contribution is -0.130. The Morgan fingerprint density at radius 3 is 2.65 bits per heavy atom. The maximum absolute atomic E-state index is 12.3. The Bertz CT molecular complexity index is 1260. The summed E-state index contributed by atoms with van der Waals surface area (Å²) in [5.74, 6) is -0.587. The maximum atomic E-state index is 12.3. The van der Waals surface area contributed by atoms with Gasteiger partial charge >= 0.3 is 5.97 Å². The smallest absolute Gasteiger partial charge is 0.363 e. The van der Waals surface area contributed by atoms with Gasteiger partial charge in [-0.2, -0.15) is 0 Å². The van der Waals surface area contributed by atoms with Crippen LogP contribution < -0.4 is 4.90 Å². The first-order valence-electron chi connectivity index (χ1n) is 9.44. The van der Waals surface area contributed by atoms with Crippen LogP contribution in [0.15, 0.2) is 58.5 Å². The Labute approximate surface area is 188 Å². The molecule has 0 N–H and O–H groups in total. The minimum absolute atomic E-state index is 0.118. The van der Waals surface area contributed by atoms with E-state index in [-0.39, 0.29) is 17.5 Å². The number of carbonyl (C=O) groups excluding carboxylic acids is 2. The quantitative estimate of drug-likeness (QED) is 0.391. The predicted molar refractivity (Wildman–Crippen MR) is 123 cm³/mol. The van der Waals surface area contributed by atoms with E-state index < -0.39 is 5.97 Å². The number of benzene rings is 2. The van der Waals surface area contributed by atoms with Crippen LogP contribution >= 0.6 is 22.9 Å². The van der Waals surface area contributed by atoms with Crippen molar-refractivity contribution in [1.82, 2.24) is 4.98 Å². The molecule has 0 aliphatic carbocycles. The van der Waals surface area contributed by atoms with Crippen LogP contribution in [0.4, 0.5) is 10.8 Å². The van der Waals surface area contributed by atoms with Crippen molar-refractivity contribution in [3.63, 3.8) is 0 Å². The number of ether oxygens (including phenoxy) is 1. The highest BCUT2D eigenvalue weighted by Gasteiger charge is 2.26. The van der Waals surface area contributed by atoms with Crippen LogP contribution in [0, 0.1) is 13.8 Å². The molecule has 1 amide bonds. The number of esters is 1. The van der Waals surface area contributed by atoms with E-state index in [9.17, 15) is 9.59 Å². The zero-order valence-electron chi connectivity index (χ0n) is 17.0. The van der Waals surface area contributed by atoms with Crippen molar-refractivity contribution in [3.05, 3.63) is 80.9 Å². The van der Waals surface area contributed by atoms with Gasteiger partial charge in [-0.15, -0.1) is 11.3 Å². The average molecular weight is 452 g/mol. The summed E-state index contributed by atoms with van der Waals surface area (Å²) < 4.78 is 5.27. The standard InChI is InChI=1S/C23H18ClN3O3S/c1-13-8-9-17(10-14(13)2)27(15(3)28)23-25-16(12-31-23)11-20-22(29)30-21(26-20)18-6-4-5-7-19(18)24/h4-12H,1-3H3. The average Bonchev–Trinajstić information content (AvgIpc) is 3.32. The highest BCUT2D eigenvalue weighted by Crippen LogP contribution is 2.31. The minimum atomic E-state index is -0.581. The molecular formula is C23H18ClN3O3S. The van der Waals surface area contributed by atoms with E-state index in [2.05, 4.69) is 9.98 Å². The SMILES string of the molecule is CC(=O)N(c1ccc(C)c(C)c1)c1nc(C=C2N=C(c3ccccc3Cl)OC2=O)cs1. The molecular weight excluding hydrogens is 434 g/mol. The van der Waals surface area contributed by atoms with Crippen molar-refractivity contribution in [2.75, 3.05) is 4.90 Å². The molecule has 0 unspecified atom stereocenters. The number of cyclic esters (lactones) is 1. The van der Waals surface area contributed by atoms with Crippen molar-refractivity contribution < 1.29 is 14.3 Å². The topological polar surface area (TPSA) is 71.9 Å². The van der Waals surface area contributed by atoms with Gasteiger partial charge in [0, 0.05) is 12.3 Å². The molecule has 2 aromatic carbocycles. The molecule has 1 aromatic heterocycles. The number of amides is 1. The number of aromatic nitrogens is 1. The number of aryl methyl sites for hydroxylation is 2. The van der Waals surface area contributed by atoms with E-state index in [1.165, 1.54) is 24.3 Å². The predicted octanol–water partition coefficient (Wildman–Crippen LogP) is 5.44. The first-order chi connectivity index (χ1) is 14.8. The van der Waals surface area contributed by atoms with Crippen LogP contribution in [0.2, 0.25) is 5.02 Å². The van der Waals surface area contributed by atoms with E-state index in [0.717, 1.165) is 16.8 Å². The second-order valence-corrected chi connectivity index (χ2v) is 8.24. The Morgan fingerprint density at radius 1 is 1.16 bits per heavy atom. The van der Waals surface area contributed by atoms with E-state index >= 15 is 0 Å². The van der Waals surface area contributed by atoms with E-state index in [1.807, 2.05) is 32.0 Å². The number of hydrogen-bond donors (Lipinski definition) is 0. The molecule has 1 aliphatic heterocycles. The second kappa shape index (κ2) is 8.45. The molecule has 6 nitrogen and oxygen atoms in total.